The van der Waals surface area contributed by atoms with E-state index in [4.69, 9.17) is 0 Å². The third kappa shape index (κ3) is 4.04. The Morgan fingerprint density at radius 2 is 1.83 bits per heavy atom. The van der Waals surface area contributed by atoms with Crippen LogP contribution in [0.4, 0.5) is 0 Å². The van der Waals surface area contributed by atoms with E-state index in [9.17, 15) is 4.79 Å². The first kappa shape index (κ1) is 15.1. The Hall–Kier alpha value is -0.990. The summed E-state index contributed by atoms with van der Waals surface area (Å²) in [6.07, 6.45) is 6.33. The number of rotatable bonds is 8. The van der Waals surface area contributed by atoms with E-state index in [0.29, 0.717) is 5.92 Å². The van der Waals surface area contributed by atoms with Crippen LogP contribution in [0.15, 0.2) is 4.79 Å². The Bertz CT molecular complexity index is 401. The van der Waals surface area contributed by atoms with Gasteiger partial charge in [-0.2, -0.15) is 0 Å². The maximum atomic E-state index is 12.3. The molecular formula is C15H28N2O. The zero-order valence-electron chi connectivity index (χ0n) is 12.4. The van der Waals surface area contributed by atoms with Crippen LogP contribution in [0.5, 0.6) is 0 Å². The number of H-pyrrole nitrogens is 1. The molecule has 0 amide bonds. The third-order valence-electron chi connectivity index (χ3n) is 3.27. The molecule has 1 rings (SSSR count). The number of hydrogen-bond donors (Lipinski definition) is 1. The Balaban J connectivity index is 2.94. The van der Waals surface area contributed by atoms with Crippen LogP contribution in [0.25, 0.3) is 0 Å². The van der Waals surface area contributed by atoms with Crippen molar-refractivity contribution in [3.05, 3.63) is 21.6 Å². The van der Waals surface area contributed by atoms with E-state index in [2.05, 4.69) is 32.8 Å². The van der Waals surface area contributed by atoms with Gasteiger partial charge in [0.1, 0.15) is 0 Å². The van der Waals surface area contributed by atoms with Gasteiger partial charge in [-0.25, -0.2) is 0 Å². The standard InChI is InChI=1S/C15H28N2O/c1-5-7-9-13-14(11-12(3)4)16-17(15(13)18)10-8-6-2/h12,16H,5-11H2,1-4H3. The maximum absolute atomic E-state index is 12.3. The van der Waals surface area contributed by atoms with Crippen molar-refractivity contribution >= 4 is 0 Å². The quantitative estimate of drug-likeness (QED) is 0.755. The molecule has 0 atom stereocenters. The molecule has 3 heteroatoms. The van der Waals surface area contributed by atoms with Crippen molar-refractivity contribution in [2.75, 3.05) is 0 Å². The van der Waals surface area contributed by atoms with Crippen molar-refractivity contribution in [3.8, 4) is 0 Å². The molecule has 0 aromatic carbocycles. The van der Waals surface area contributed by atoms with E-state index >= 15 is 0 Å². The van der Waals surface area contributed by atoms with Crippen LogP contribution in [-0.2, 0) is 19.4 Å². The minimum Gasteiger partial charge on any atom is -0.299 e. The zero-order valence-corrected chi connectivity index (χ0v) is 12.4. The van der Waals surface area contributed by atoms with Gasteiger partial charge in [0.15, 0.2) is 0 Å². The molecule has 0 aliphatic rings. The van der Waals surface area contributed by atoms with Gasteiger partial charge < -0.3 is 0 Å². The van der Waals surface area contributed by atoms with E-state index < -0.39 is 0 Å². The summed E-state index contributed by atoms with van der Waals surface area (Å²) in [4.78, 5) is 12.3. The summed E-state index contributed by atoms with van der Waals surface area (Å²) in [6, 6.07) is 0. The van der Waals surface area contributed by atoms with Crippen molar-refractivity contribution in [1.82, 2.24) is 9.78 Å². The predicted octanol–water partition coefficient (Wildman–Crippen LogP) is 3.52. The number of aromatic nitrogens is 2. The molecule has 0 aliphatic heterocycles. The number of aromatic amines is 1. The molecule has 0 unspecified atom stereocenters. The van der Waals surface area contributed by atoms with Gasteiger partial charge in [-0.05, 0) is 31.6 Å². The first-order valence-electron chi connectivity index (χ1n) is 7.40. The van der Waals surface area contributed by atoms with E-state index in [1.807, 2.05) is 4.68 Å². The average Bonchev–Trinajstić information content (AvgIpc) is 2.60. The normalized spacial score (nSPS) is 11.4. The summed E-state index contributed by atoms with van der Waals surface area (Å²) in [7, 11) is 0. The SMILES string of the molecule is CCCCc1c(CC(C)C)[nH]n(CCCC)c1=O. The molecule has 104 valence electrons. The van der Waals surface area contributed by atoms with Gasteiger partial charge in [-0.1, -0.05) is 40.5 Å². The van der Waals surface area contributed by atoms with Gasteiger partial charge in [0.05, 0.1) is 0 Å². The second-order valence-corrected chi connectivity index (χ2v) is 5.58. The van der Waals surface area contributed by atoms with Crippen LogP contribution in [0, 0.1) is 5.92 Å². The molecule has 0 bridgehead atoms. The summed E-state index contributed by atoms with van der Waals surface area (Å²) < 4.78 is 1.81. The maximum Gasteiger partial charge on any atom is 0.269 e. The van der Waals surface area contributed by atoms with Crippen molar-refractivity contribution in [2.24, 2.45) is 5.92 Å². The average molecular weight is 252 g/mol. The fraction of sp³-hybridized carbons (Fsp3) is 0.800. The van der Waals surface area contributed by atoms with Gasteiger partial charge in [-0.15, -0.1) is 0 Å². The number of hydrogen-bond acceptors (Lipinski definition) is 1. The minimum absolute atomic E-state index is 0.215. The Morgan fingerprint density at radius 3 is 2.39 bits per heavy atom. The molecule has 0 radical (unpaired) electrons. The number of aryl methyl sites for hydroxylation is 1. The van der Waals surface area contributed by atoms with Crippen LogP contribution < -0.4 is 5.56 Å². The topological polar surface area (TPSA) is 37.8 Å². The van der Waals surface area contributed by atoms with E-state index in [0.717, 1.165) is 50.6 Å². The van der Waals surface area contributed by atoms with E-state index in [-0.39, 0.29) is 5.56 Å². The largest absolute Gasteiger partial charge is 0.299 e. The molecule has 0 aliphatic carbocycles. The summed E-state index contributed by atoms with van der Waals surface area (Å²) in [6.45, 7) is 9.55. The highest BCUT2D eigenvalue weighted by atomic mass is 16.1. The van der Waals surface area contributed by atoms with Gasteiger partial charge in [0, 0.05) is 17.8 Å². The predicted molar refractivity (Wildman–Crippen MR) is 77.1 cm³/mol. The molecule has 1 aromatic heterocycles. The van der Waals surface area contributed by atoms with Crippen molar-refractivity contribution in [2.45, 2.75) is 72.8 Å². The van der Waals surface area contributed by atoms with Crippen molar-refractivity contribution < 1.29 is 0 Å². The van der Waals surface area contributed by atoms with Crippen LogP contribution in [0.2, 0.25) is 0 Å². The fourth-order valence-corrected chi connectivity index (χ4v) is 2.24. The lowest BCUT2D eigenvalue weighted by Crippen LogP contribution is -2.19. The van der Waals surface area contributed by atoms with Crippen molar-refractivity contribution in [3.63, 3.8) is 0 Å². The zero-order chi connectivity index (χ0) is 13.5. The van der Waals surface area contributed by atoms with Gasteiger partial charge in [0.25, 0.3) is 5.56 Å². The molecule has 0 saturated carbocycles. The lowest BCUT2D eigenvalue weighted by Gasteiger charge is -2.04. The van der Waals surface area contributed by atoms with E-state index in [1.165, 1.54) is 5.69 Å². The molecule has 0 spiro atoms. The fourth-order valence-electron chi connectivity index (χ4n) is 2.24. The number of nitrogens with zero attached hydrogens (tertiary/aromatic N) is 1. The molecule has 1 aromatic rings. The van der Waals surface area contributed by atoms with Crippen molar-refractivity contribution in [1.29, 1.82) is 0 Å². The monoisotopic (exact) mass is 252 g/mol. The minimum atomic E-state index is 0.215. The lowest BCUT2D eigenvalue weighted by molar-refractivity contribution is 0.542. The van der Waals surface area contributed by atoms with Crippen LogP contribution >= 0.6 is 0 Å². The van der Waals surface area contributed by atoms with E-state index in [1.54, 1.807) is 0 Å². The molecular weight excluding hydrogens is 224 g/mol. The summed E-state index contributed by atoms with van der Waals surface area (Å²) in [5.41, 5.74) is 2.41. The molecule has 0 saturated heterocycles. The second-order valence-electron chi connectivity index (χ2n) is 5.58. The first-order chi connectivity index (χ1) is 8.60. The Morgan fingerprint density at radius 1 is 1.17 bits per heavy atom. The van der Waals surface area contributed by atoms with Crippen LogP contribution in [0.1, 0.15) is 64.6 Å². The summed E-state index contributed by atoms with van der Waals surface area (Å²) >= 11 is 0. The third-order valence-corrected chi connectivity index (χ3v) is 3.27. The molecule has 0 fully saturated rings. The second kappa shape index (κ2) is 7.45. The first-order valence-corrected chi connectivity index (χ1v) is 7.40. The number of nitrogens with one attached hydrogen (secondary N) is 1. The van der Waals surface area contributed by atoms with Crippen LogP contribution in [0.3, 0.4) is 0 Å². The molecule has 1 N–H and O–H groups in total. The highest BCUT2D eigenvalue weighted by Gasteiger charge is 2.14. The van der Waals surface area contributed by atoms with Gasteiger partial charge in [0.2, 0.25) is 0 Å². The highest BCUT2D eigenvalue weighted by molar-refractivity contribution is 5.18. The number of unbranched alkanes of at least 4 members (excludes halogenated alkanes) is 2. The van der Waals surface area contributed by atoms with Gasteiger partial charge >= 0.3 is 0 Å². The Labute approximate surface area is 111 Å². The Kier molecular flexibility index (Phi) is 6.23. The van der Waals surface area contributed by atoms with Gasteiger partial charge in [-0.3, -0.25) is 14.6 Å². The van der Waals surface area contributed by atoms with Crippen LogP contribution in [-0.4, -0.2) is 9.78 Å². The molecule has 18 heavy (non-hydrogen) atoms. The lowest BCUT2D eigenvalue weighted by atomic mass is 10.0. The highest BCUT2D eigenvalue weighted by Crippen LogP contribution is 2.11. The summed E-state index contributed by atoms with van der Waals surface area (Å²) in [5.74, 6) is 0.586. The smallest absolute Gasteiger partial charge is 0.269 e. The summed E-state index contributed by atoms with van der Waals surface area (Å²) in [5, 5.41) is 3.33. The molecule has 3 nitrogen and oxygen atoms in total. The molecule has 1 heterocycles.